The minimum absolute atomic E-state index is 0.0380. The van der Waals surface area contributed by atoms with E-state index in [-0.39, 0.29) is 12.1 Å². The van der Waals surface area contributed by atoms with Crippen LogP contribution < -0.4 is 5.73 Å². The van der Waals surface area contributed by atoms with E-state index in [4.69, 9.17) is 10.5 Å². The summed E-state index contributed by atoms with van der Waals surface area (Å²) in [6, 6.07) is -0.494. The van der Waals surface area contributed by atoms with Gasteiger partial charge in [0.05, 0.1) is 6.10 Å². The molecule has 2 unspecified atom stereocenters. The molecule has 0 aliphatic heterocycles. The molecule has 12 heavy (non-hydrogen) atoms. The minimum atomic E-state index is -0.494. The Morgan fingerprint density at radius 1 is 1.58 bits per heavy atom. The molecule has 1 saturated carbocycles. The molecule has 0 aromatic heterocycles. The predicted octanol–water partition coefficient (Wildman–Crippen LogP) is 1.07. The Bertz CT molecular complexity index is 164. The molecule has 2 atom stereocenters. The van der Waals surface area contributed by atoms with Crippen LogP contribution in [0.1, 0.15) is 33.1 Å². The molecule has 0 bridgehead atoms. The highest BCUT2D eigenvalue weighted by Gasteiger charge is 2.25. The van der Waals surface area contributed by atoms with Crippen molar-refractivity contribution in [1.82, 2.24) is 0 Å². The zero-order valence-corrected chi connectivity index (χ0v) is 7.75. The van der Waals surface area contributed by atoms with Crippen LogP contribution in [-0.4, -0.2) is 18.1 Å². The van der Waals surface area contributed by atoms with Crippen molar-refractivity contribution < 1.29 is 9.53 Å². The average molecular weight is 171 g/mol. The van der Waals surface area contributed by atoms with Gasteiger partial charge in [0.1, 0.15) is 6.04 Å². The van der Waals surface area contributed by atoms with Crippen LogP contribution in [0.25, 0.3) is 0 Å². The molecular formula is C9H17NO2. The summed E-state index contributed by atoms with van der Waals surface area (Å²) in [5, 5.41) is 0. The maximum absolute atomic E-state index is 11.0. The number of carbonyl (C=O) groups excluding carboxylic acids is 1. The second-order valence-electron chi connectivity index (χ2n) is 3.72. The number of carbonyl (C=O) groups is 1. The third-order valence-corrected chi connectivity index (χ3v) is 2.05. The van der Waals surface area contributed by atoms with Crippen molar-refractivity contribution in [3.8, 4) is 0 Å². The average Bonchev–Trinajstić information content (AvgIpc) is 2.71. The van der Waals surface area contributed by atoms with E-state index in [1.165, 1.54) is 12.8 Å². The highest BCUT2D eigenvalue weighted by atomic mass is 16.5. The lowest BCUT2D eigenvalue weighted by Gasteiger charge is -2.13. The molecule has 0 radical (unpaired) electrons. The lowest BCUT2D eigenvalue weighted by atomic mass is 10.2. The first kappa shape index (κ1) is 9.52. The molecule has 0 saturated heterocycles. The van der Waals surface area contributed by atoms with Gasteiger partial charge in [-0.3, -0.25) is 4.79 Å². The van der Waals surface area contributed by atoms with Crippen molar-refractivity contribution in [1.29, 1.82) is 0 Å². The molecule has 0 heterocycles. The van der Waals surface area contributed by atoms with E-state index in [1.807, 2.05) is 6.92 Å². The number of hydrogen-bond donors (Lipinski definition) is 1. The normalized spacial score (nSPS) is 21.6. The molecule has 1 rings (SSSR count). The third-order valence-electron chi connectivity index (χ3n) is 2.05. The first-order valence-corrected chi connectivity index (χ1v) is 4.55. The van der Waals surface area contributed by atoms with Crippen LogP contribution in [0.5, 0.6) is 0 Å². The predicted molar refractivity (Wildman–Crippen MR) is 46.5 cm³/mol. The Balaban J connectivity index is 2.15. The van der Waals surface area contributed by atoms with E-state index in [1.54, 1.807) is 6.92 Å². The first-order valence-electron chi connectivity index (χ1n) is 4.55. The quantitative estimate of drug-likeness (QED) is 0.643. The topological polar surface area (TPSA) is 52.3 Å². The first-order chi connectivity index (χ1) is 5.59. The molecule has 3 nitrogen and oxygen atoms in total. The summed E-state index contributed by atoms with van der Waals surface area (Å²) in [6.45, 7) is 3.57. The summed E-state index contributed by atoms with van der Waals surface area (Å²) < 4.78 is 5.10. The van der Waals surface area contributed by atoms with E-state index >= 15 is 0 Å². The lowest BCUT2D eigenvalue weighted by Crippen LogP contribution is -2.31. The smallest absolute Gasteiger partial charge is 0.322 e. The van der Waals surface area contributed by atoms with Gasteiger partial charge in [-0.1, -0.05) is 12.8 Å². The maximum atomic E-state index is 11.0. The summed E-state index contributed by atoms with van der Waals surface area (Å²) >= 11 is 0. The number of ether oxygens (including phenoxy) is 1. The fourth-order valence-corrected chi connectivity index (χ4v) is 1.18. The minimum Gasteiger partial charge on any atom is -0.462 e. The van der Waals surface area contributed by atoms with Crippen LogP contribution in [0.4, 0.5) is 0 Å². The van der Waals surface area contributed by atoms with E-state index in [2.05, 4.69) is 0 Å². The van der Waals surface area contributed by atoms with Crippen molar-refractivity contribution in [3.63, 3.8) is 0 Å². The van der Waals surface area contributed by atoms with Crippen LogP contribution in [0, 0.1) is 5.92 Å². The SMILES string of the molecule is CC(CC1CC1)OC(=O)C(C)N. The second-order valence-corrected chi connectivity index (χ2v) is 3.72. The van der Waals surface area contributed by atoms with Gasteiger partial charge in [-0.15, -0.1) is 0 Å². The second kappa shape index (κ2) is 3.90. The molecular weight excluding hydrogens is 154 g/mol. The zero-order valence-electron chi connectivity index (χ0n) is 7.75. The molecule has 0 aromatic carbocycles. The van der Waals surface area contributed by atoms with Crippen molar-refractivity contribution in [2.75, 3.05) is 0 Å². The Kier molecular flexibility index (Phi) is 3.09. The Hall–Kier alpha value is -0.570. The molecule has 2 N–H and O–H groups in total. The summed E-state index contributed by atoms with van der Waals surface area (Å²) in [5.74, 6) is 0.504. The summed E-state index contributed by atoms with van der Waals surface area (Å²) in [5.41, 5.74) is 5.36. The zero-order chi connectivity index (χ0) is 9.14. The number of rotatable bonds is 4. The monoisotopic (exact) mass is 171 g/mol. The molecule has 0 aromatic rings. The van der Waals surface area contributed by atoms with Gasteiger partial charge < -0.3 is 10.5 Å². The Labute approximate surface area is 73.3 Å². The lowest BCUT2D eigenvalue weighted by molar-refractivity contribution is -0.149. The van der Waals surface area contributed by atoms with Crippen LogP contribution in [0.15, 0.2) is 0 Å². The molecule has 70 valence electrons. The van der Waals surface area contributed by atoms with Gasteiger partial charge in [-0.25, -0.2) is 0 Å². The van der Waals surface area contributed by atoms with Gasteiger partial charge in [0.15, 0.2) is 0 Å². The Morgan fingerprint density at radius 2 is 2.17 bits per heavy atom. The molecule has 1 aliphatic rings. The summed E-state index contributed by atoms with van der Waals surface area (Å²) in [7, 11) is 0. The Morgan fingerprint density at radius 3 is 2.58 bits per heavy atom. The van der Waals surface area contributed by atoms with Gasteiger partial charge in [-0.2, -0.15) is 0 Å². The summed E-state index contributed by atoms with van der Waals surface area (Å²) in [6.07, 6.45) is 3.62. The van der Waals surface area contributed by atoms with Crippen LogP contribution in [-0.2, 0) is 9.53 Å². The van der Waals surface area contributed by atoms with E-state index in [9.17, 15) is 4.79 Å². The van der Waals surface area contributed by atoms with Gasteiger partial charge >= 0.3 is 5.97 Å². The molecule has 0 spiro atoms. The van der Waals surface area contributed by atoms with Crippen LogP contribution in [0.3, 0.4) is 0 Å². The molecule has 0 amide bonds. The van der Waals surface area contributed by atoms with Crippen molar-refractivity contribution in [2.24, 2.45) is 11.7 Å². The van der Waals surface area contributed by atoms with Crippen LogP contribution in [0.2, 0.25) is 0 Å². The molecule has 3 heteroatoms. The molecule has 1 aliphatic carbocycles. The van der Waals surface area contributed by atoms with Crippen molar-refractivity contribution >= 4 is 5.97 Å². The van der Waals surface area contributed by atoms with Gasteiger partial charge in [0.2, 0.25) is 0 Å². The van der Waals surface area contributed by atoms with E-state index in [0.717, 1.165) is 12.3 Å². The fourth-order valence-electron chi connectivity index (χ4n) is 1.18. The highest BCUT2D eigenvalue weighted by Crippen LogP contribution is 2.34. The van der Waals surface area contributed by atoms with E-state index < -0.39 is 6.04 Å². The standard InChI is InChI=1S/C9H17NO2/c1-6(5-8-3-4-8)12-9(11)7(2)10/h6-8H,3-5,10H2,1-2H3. The van der Waals surface area contributed by atoms with Gasteiger partial charge in [-0.05, 0) is 26.2 Å². The number of hydrogen-bond acceptors (Lipinski definition) is 3. The fraction of sp³-hybridized carbons (Fsp3) is 0.889. The van der Waals surface area contributed by atoms with Crippen molar-refractivity contribution in [3.05, 3.63) is 0 Å². The van der Waals surface area contributed by atoms with Gasteiger partial charge in [0, 0.05) is 0 Å². The van der Waals surface area contributed by atoms with E-state index in [0.29, 0.717) is 0 Å². The highest BCUT2D eigenvalue weighted by molar-refractivity contribution is 5.75. The van der Waals surface area contributed by atoms with Gasteiger partial charge in [0.25, 0.3) is 0 Å². The third kappa shape index (κ3) is 3.22. The van der Waals surface area contributed by atoms with Crippen LogP contribution >= 0.6 is 0 Å². The van der Waals surface area contributed by atoms with Crippen molar-refractivity contribution in [2.45, 2.75) is 45.3 Å². The number of nitrogens with two attached hydrogens (primary N) is 1. The molecule has 1 fully saturated rings. The maximum Gasteiger partial charge on any atom is 0.322 e. The number of esters is 1. The largest absolute Gasteiger partial charge is 0.462 e. The summed E-state index contributed by atoms with van der Waals surface area (Å²) in [4.78, 5) is 11.0.